The third-order valence-electron chi connectivity index (χ3n) is 4.65. The Morgan fingerprint density at radius 1 is 1.04 bits per heavy atom. The molecule has 24 heavy (non-hydrogen) atoms. The van der Waals surface area contributed by atoms with Gasteiger partial charge in [-0.3, -0.25) is 4.90 Å². The summed E-state index contributed by atoms with van der Waals surface area (Å²) in [6, 6.07) is 21.9. The summed E-state index contributed by atoms with van der Waals surface area (Å²) in [5.41, 5.74) is 2.11. The molecule has 1 aliphatic rings. The van der Waals surface area contributed by atoms with Gasteiger partial charge in [-0.15, -0.1) is 0 Å². The van der Waals surface area contributed by atoms with Gasteiger partial charge in [0, 0.05) is 24.7 Å². The summed E-state index contributed by atoms with van der Waals surface area (Å²) >= 11 is 0. The van der Waals surface area contributed by atoms with E-state index in [4.69, 9.17) is 4.52 Å². The second kappa shape index (κ2) is 6.23. The second-order valence-corrected chi connectivity index (χ2v) is 6.40. The highest BCUT2D eigenvalue weighted by Gasteiger charge is 2.37. The van der Waals surface area contributed by atoms with E-state index in [2.05, 4.69) is 10.1 Å². The van der Waals surface area contributed by atoms with Crippen molar-refractivity contribution in [3.05, 3.63) is 78.1 Å². The minimum Gasteiger partial charge on any atom is -0.384 e. The van der Waals surface area contributed by atoms with Crippen molar-refractivity contribution in [3.8, 4) is 11.3 Å². The average Bonchev–Trinajstić information content (AvgIpc) is 3.25. The molecule has 1 aromatic heterocycles. The zero-order chi connectivity index (χ0) is 16.4. The monoisotopic (exact) mass is 320 g/mol. The van der Waals surface area contributed by atoms with Crippen molar-refractivity contribution in [1.29, 1.82) is 0 Å². The molecule has 0 bridgehead atoms. The van der Waals surface area contributed by atoms with Crippen molar-refractivity contribution in [2.24, 2.45) is 0 Å². The SMILES string of the molecule is OC1(c2ccccc2)CCN(Cc2cc(-c3ccccc3)no2)C1. The molecular formula is C20H20N2O2. The van der Waals surface area contributed by atoms with E-state index in [-0.39, 0.29) is 0 Å². The molecule has 1 unspecified atom stereocenters. The van der Waals surface area contributed by atoms with E-state index in [1.54, 1.807) is 0 Å². The molecule has 2 heterocycles. The summed E-state index contributed by atoms with van der Waals surface area (Å²) in [4.78, 5) is 2.21. The van der Waals surface area contributed by atoms with Crippen LogP contribution in [0.25, 0.3) is 11.3 Å². The van der Waals surface area contributed by atoms with Crippen molar-refractivity contribution in [2.45, 2.75) is 18.6 Å². The molecule has 0 spiro atoms. The molecule has 1 atom stereocenters. The zero-order valence-electron chi connectivity index (χ0n) is 13.4. The third-order valence-corrected chi connectivity index (χ3v) is 4.65. The molecule has 4 heteroatoms. The average molecular weight is 320 g/mol. The molecule has 4 nitrogen and oxygen atoms in total. The van der Waals surface area contributed by atoms with Gasteiger partial charge in [-0.2, -0.15) is 0 Å². The van der Waals surface area contributed by atoms with Crippen LogP contribution in [0.3, 0.4) is 0 Å². The van der Waals surface area contributed by atoms with E-state index in [1.807, 2.05) is 66.7 Å². The number of hydrogen-bond donors (Lipinski definition) is 1. The largest absolute Gasteiger partial charge is 0.384 e. The maximum Gasteiger partial charge on any atom is 0.151 e. The molecule has 1 saturated heterocycles. The number of hydrogen-bond acceptors (Lipinski definition) is 4. The van der Waals surface area contributed by atoms with Crippen LogP contribution in [0.4, 0.5) is 0 Å². The number of nitrogens with zero attached hydrogens (tertiary/aromatic N) is 2. The van der Waals surface area contributed by atoms with Crippen LogP contribution in [0.1, 0.15) is 17.7 Å². The van der Waals surface area contributed by atoms with Crippen molar-refractivity contribution >= 4 is 0 Å². The third kappa shape index (κ3) is 2.98. The molecule has 1 aliphatic heterocycles. The number of β-amino-alcohol motifs (C(OH)–C–C–N with tert-alkyl or cyclic N) is 1. The molecule has 1 fully saturated rings. The fourth-order valence-electron chi connectivity index (χ4n) is 3.34. The van der Waals surface area contributed by atoms with Crippen LogP contribution in [0.15, 0.2) is 71.3 Å². The van der Waals surface area contributed by atoms with Crippen LogP contribution in [0.5, 0.6) is 0 Å². The van der Waals surface area contributed by atoms with Crippen LogP contribution in [-0.4, -0.2) is 28.3 Å². The number of aromatic nitrogens is 1. The first-order valence-electron chi connectivity index (χ1n) is 8.24. The Balaban J connectivity index is 1.45. The van der Waals surface area contributed by atoms with E-state index in [0.29, 0.717) is 13.1 Å². The summed E-state index contributed by atoms with van der Waals surface area (Å²) in [6.45, 7) is 2.11. The first-order chi connectivity index (χ1) is 11.7. The van der Waals surface area contributed by atoms with E-state index < -0.39 is 5.60 Å². The number of rotatable bonds is 4. The molecule has 0 radical (unpaired) electrons. The lowest BCUT2D eigenvalue weighted by molar-refractivity contribution is 0.0443. The number of aliphatic hydroxyl groups is 1. The fraction of sp³-hybridized carbons (Fsp3) is 0.250. The van der Waals surface area contributed by atoms with Crippen molar-refractivity contribution in [3.63, 3.8) is 0 Å². The predicted molar refractivity (Wildman–Crippen MR) is 92.2 cm³/mol. The van der Waals surface area contributed by atoms with Gasteiger partial charge in [0.25, 0.3) is 0 Å². The Kier molecular flexibility index (Phi) is 3.92. The van der Waals surface area contributed by atoms with Crippen LogP contribution in [0, 0.1) is 0 Å². The van der Waals surface area contributed by atoms with Crippen LogP contribution < -0.4 is 0 Å². The van der Waals surface area contributed by atoms with Gasteiger partial charge in [0.2, 0.25) is 0 Å². The maximum absolute atomic E-state index is 10.9. The summed E-state index contributed by atoms with van der Waals surface area (Å²) in [6.07, 6.45) is 0.733. The van der Waals surface area contributed by atoms with Gasteiger partial charge in [0.05, 0.1) is 6.54 Å². The first kappa shape index (κ1) is 15.1. The van der Waals surface area contributed by atoms with E-state index >= 15 is 0 Å². The topological polar surface area (TPSA) is 49.5 Å². The summed E-state index contributed by atoms with van der Waals surface area (Å²) in [5, 5.41) is 15.1. The highest BCUT2D eigenvalue weighted by Crippen LogP contribution is 2.32. The van der Waals surface area contributed by atoms with Crippen LogP contribution >= 0.6 is 0 Å². The molecule has 0 saturated carbocycles. The number of likely N-dealkylation sites (tertiary alicyclic amines) is 1. The fourth-order valence-corrected chi connectivity index (χ4v) is 3.34. The van der Waals surface area contributed by atoms with Crippen molar-refractivity contribution < 1.29 is 9.63 Å². The Bertz CT molecular complexity index is 801. The first-order valence-corrected chi connectivity index (χ1v) is 8.24. The van der Waals surface area contributed by atoms with Crippen LogP contribution in [-0.2, 0) is 12.1 Å². The van der Waals surface area contributed by atoms with E-state index in [0.717, 1.165) is 35.5 Å². The summed E-state index contributed by atoms with van der Waals surface area (Å²) < 4.78 is 5.48. The van der Waals surface area contributed by atoms with Gasteiger partial charge in [-0.05, 0) is 12.0 Å². The Hall–Kier alpha value is -2.43. The zero-order valence-corrected chi connectivity index (χ0v) is 13.4. The van der Waals surface area contributed by atoms with Crippen molar-refractivity contribution in [2.75, 3.05) is 13.1 Å². The van der Waals surface area contributed by atoms with Gasteiger partial charge >= 0.3 is 0 Å². The minimum absolute atomic E-state index is 0.610. The lowest BCUT2D eigenvalue weighted by Gasteiger charge is -2.23. The summed E-state index contributed by atoms with van der Waals surface area (Å²) in [7, 11) is 0. The number of benzene rings is 2. The molecule has 0 aliphatic carbocycles. The highest BCUT2D eigenvalue weighted by atomic mass is 16.5. The molecular weight excluding hydrogens is 300 g/mol. The second-order valence-electron chi connectivity index (χ2n) is 6.40. The molecule has 0 amide bonds. The van der Waals surface area contributed by atoms with Gasteiger partial charge < -0.3 is 9.63 Å². The van der Waals surface area contributed by atoms with E-state index in [1.165, 1.54) is 0 Å². The minimum atomic E-state index is -0.774. The smallest absolute Gasteiger partial charge is 0.151 e. The lowest BCUT2D eigenvalue weighted by Crippen LogP contribution is -2.30. The van der Waals surface area contributed by atoms with Gasteiger partial charge in [0.15, 0.2) is 5.76 Å². The molecule has 3 aromatic rings. The Morgan fingerprint density at radius 3 is 2.50 bits per heavy atom. The van der Waals surface area contributed by atoms with Gasteiger partial charge in [-0.25, -0.2) is 0 Å². The van der Waals surface area contributed by atoms with Crippen LogP contribution in [0.2, 0.25) is 0 Å². The molecule has 1 N–H and O–H groups in total. The van der Waals surface area contributed by atoms with E-state index in [9.17, 15) is 5.11 Å². The Labute approximate surface area is 141 Å². The summed E-state index contributed by atoms with van der Waals surface area (Å²) in [5.74, 6) is 0.825. The quantitative estimate of drug-likeness (QED) is 0.800. The maximum atomic E-state index is 10.9. The van der Waals surface area contributed by atoms with Gasteiger partial charge in [-0.1, -0.05) is 65.8 Å². The highest BCUT2D eigenvalue weighted by molar-refractivity contribution is 5.58. The lowest BCUT2D eigenvalue weighted by atomic mass is 9.93. The predicted octanol–water partition coefficient (Wildman–Crippen LogP) is 3.44. The van der Waals surface area contributed by atoms with Gasteiger partial charge in [0.1, 0.15) is 11.3 Å². The Morgan fingerprint density at radius 2 is 1.75 bits per heavy atom. The normalized spacial score (nSPS) is 21.2. The standard InChI is InChI=1S/C20H20N2O2/c23-20(17-9-5-2-6-10-17)11-12-22(15-20)14-18-13-19(21-24-18)16-7-3-1-4-8-16/h1-10,13,23H,11-12,14-15H2. The molecule has 4 rings (SSSR count). The molecule has 2 aromatic carbocycles. The van der Waals surface area contributed by atoms with Crippen molar-refractivity contribution in [1.82, 2.24) is 10.1 Å². The molecule has 122 valence electrons.